The van der Waals surface area contributed by atoms with Crippen LogP contribution < -0.4 is 4.90 Å². The van der Waals surface area contributed by atoms with Crippen LogP contribution in [0.2, 0.25) is 0 Å². The Labute approximate surface area is 160 Å². The van der Waals surface area contributed by atoms with Crippen LogP contribution in [0.4, 0.5) is 14.6 Å². The molecule has 1 aliphatic rings. The number of sulfonamides is 1. The number of aromatic nitrogens is 3. The van der Waals surface area contributed by atoms with Gasteiger partial charge in [-0.3, -0.25) is 10.1 Å². The third kappa shape index (κ3) is 3.48. The minimum Gasteiger partial charge on any atom is -0.352 e. The number of benzene rings is 1. The Morgan fingerprint density at radius 2 is 1.68 bits per heavy atom. The summed E-state index contributed by atoms with van der Waals surface area (Å²) in [5.74, 6) is -1.06. The predicted octanol–water partition coefficient (Wildman–Crippen LogP) is 2.26. The summed E-state index contributed by atoms with van der Waals surface area (Å²) >= 11 is 0. The maximum absolute atomic E-state index is 13.9. The SMILES string of the molecule is O=S(=O)(c1cc(F)ccc1F)N1CCN(c2cc(-c3ccncc3)[nH]n2)CC1. The number of halogens is 2. The van der Waals surface area contributed by atoms with E-state index in [4.69, 9.17) is 0 Å². The minimum atomic E-state index is -4.10. The number of hydrogen-bond acceptors (Lipinski definition) is 5. The molecule has 7 nitrogen and oxygen atoms in total. The molecule has 28 heavy (non-hydrogen) atoms. The normalized spacial score (nSPS) is 15.7. The topological polar surface area (TPSA) is 82.2 Å². The van der Waals surface area contributed by atoms with Gasteiger partial charge in [-0.1, -0.05) is 0 Å². The smallest absolute Gasteiger partial charge is 0.246 e. The molecule has 1 N–H and O–H groups in total. The minimum absolute atomic E-state index is 0.149. The first-order chi connectivity index (χ1) is 13.4. The second-order valence-electron chi connectivity index (χ2n) is 6.34. The van der Waals surface area contributed by atoms with E-state index in [1.54, 1.807) is 12.4 Å². The second-order valence-corrected chi connectivity index (χ2v) is 8.25. The van der Waals surface area contributed by atoms with E-state index in [1.807, 2.05) is 23.1 Å². The zero-order valence-electron chi connectivity index (χ0n) is 14.7. The lowest BCUT2D eigenvalue weighted by Crippen LogP contribution is -2.49. The number of rotatable bonds is 4. The number of pyridine rings is 1. The molecule has 0 bridgehead atoms. The third-order valence-corrected chi connectivity index (χ3v) is 6.54. The van der Waals surface area contributed by atoms with Gasteiger partial charge < -0.3 is 4.90 Å². The molecule has 1 aliphatic heterocycles. The Morgan fingerprint density at radius 3 is 2.39 bits per heavy atom. The summed E-state index contributed by atoms with van der Waals surface area (Å²) in [6.45, 7) is 1.07. The molecule has 0 radical (unpaired) electrons. The van der Waals surface area contributed by atoms with Crippen molar-refractivity contribution >= 4 is 15.8 Å². The average molecular weight is 405 g/mol. The lowest BCUT2D eigenvalue weighted by Gasteiger charge is -2.34. The Balaban J connectivity index is 1.48. The molecule has 1 fully saturated rings. The standard InChI is InChI=1S/C18H17F2N5O2S/c19-14-1-2-15(20)17(11-14)28(26,27)25-9-7-24(8-10-25)18-12-16(22-23-18)13-3-5-21-6-4-13/h1-6,11-12H,7-10H2,(H,22,23). The van der Waals surface area contributed by atoms with Gasteiger partial charge in [-0.25, -0.2) is 17.2 Å². The Morgan fingerprint density at radius 1 is 0.964 bits per heavy atom. The van der Waals surface area contributed by atoms with Crippen molar-refractivity contribution in [3.63, 3.8) is 0 Å². The van der Waals surface area contributed by atoms with Crippen LogP contribution in [-0.4, -0.2) is 54.1 Å². The quantitative estimate of drug-likeness (QED) is 0.720. The van der Waals surface area contributed by atoms with E-state index in [0.29, 0.717) is 25.0 Å². The number of nitrogens with zero attached hydrogens (tertiary/aromatic N) is 4. The molecule has 2 aromatic heterocycles. The van der Waals surface area contributed by atoms with Gasteiger partial charge in [-0.15, -0.1) is 0 Å². The summed E-state index contributed by atoms with van der Waals surface area (Å²) in [6, 6.07) is 8.02. The molecule has 0 aliphatic carbocycles. The van der Waals surface area contributed by atoms with E-state index in [9.17, 15) is 17.2 Å². The van der Waals surface area contributed by atoms with Gasteiger partial charge in [0.05, 0.1) is 5.69 Å². The van der Waals surface area contributed by atoms with E-state index in [0.717, 1.165) is 27.7 Å². The third-order valence-electron chi connectivity index (χ3n) is 4.63. The molecule has 3 aromatic rings. The second kappa shape index (κ2) is 7.28. The van der Waals surface area contributed by atoms with Crippen LogP contribution in [0, 0.1) is 11.6 Å². The van der Waals surface area contributed by atoms with Crippen molar-refractivity contribution in [3.05, 3.63) is 60.4 Å². The molecule has 146 valence electrons. The molecule has 0 saturated carbocycles. The molecule has 1 aromatic carbocycles. The number of anilines is 1. The van der Waals surface area contributed by atoms with Gasteiger partial charge in [0.1, 0.15) is 16.5 Å². The molecule has 4 rings (SSSR count). The highest BCUT2D eigenvalue weighted by Gasteiger charge is 2.31. The van der Waals surface area contributed by atoms with Crippen molar-refractivity contribution < 1.29 is 17.2 Å². The zero-order chi connectivity index (χ0) is 19.7. The van der Waals surface area contributed by atoms with E-state index in [-0.39, 0.29) is 13.1 Å². The Hall–Kier alpha value is -2.85. The van der Waals surface area contributed by atoms with Gasteiger partial charge in [-0.05, 0) is 30.3 Å². The molecule has 3 heterocycles. The van der Waals surface area contributed by atoms with Crippen LogP contribution in [0.3, 0.4) is 0 Å². The predicted molar refractivity (Wildman–Crippen MR) is 99.1 cm³/mol. The number of nitrogens with one attached hydrogen (secondary N) is 1. The molecule has 0 atom stereocenters. The van der Waals surface area contributed by atoms with Crippen molar-refractivity contribution in [2.45, 2.75) is 4.90 Å². The van der Waals surface area contributed by atoms with Gasteiger partial charge in [0.15, 0.2) is 5.82 Å². The fourth-order valence-electron chi connectivity index (χ4n) is 3.12. The fraction of sp³-hybridized carbons (Fsp3) is 0.222. The number of H-pyrrole nitrogens is 1. The summed E-state index contributed by atoms with van der Waals surface area (Å²) in [7, 11) is -4.10. The first-order valence-electron chi connectivity index (χ1n) is 8.61. The lowest BCUT2D eigenvalue weighted by molar-refractivity contribution is 0.381. The Kier molecular flexibility index (Phi) is 4.82. The highest BCUT2D eigenvalue weighted by molar-refractivity contribution is 7.89. The van der Waals surface area contributed by atoms with Crippen LogP contribution in [0.5, 0.6) is 0 Å². The number of piperazine rings is 1. The molecule has 0 spiro atoms. The van der Waals surface area contributed by atoms with Crippen LogP contribution in [0.15, 0.2) is 53.7 Å². The molecule has 1 saturated heterocycles. The van der Waals surface area contributed by atoms with E-state index in [2.05, 4.69) is 15.2 Å². The molecular formula is C18H17F2N5O2S. The van der Waals surface area contributed by atoms with Gasteiger partial charge in [0.2, 0.25) is 10.0 Å². The summed E-state index contributed by atoms with van der Waals surface area (Å²) in [5, 5.41) is 7.25. The number of aromatic amines is 1. The van der Waals surface area contributed by atoms with Crippen LogP contribution in [0.25, 0.3) is 11.3 Å². The first kappa shape index (κ1) is 18.5. The molecule has 10 heteroatoms. The van der Waals surface area contributed by atoms with E-state index >= 15 is 0 Å². The van der Waals surface area contributed by atoms with Crippen molar-refractivity contribution in [1.29, 1.82) is 0 Å². The number of hydrogen-bond donors (Lipinski definition) is 1. The van der Waals surface area contributed by atoms with Gasteiger partial charge >= 0.3 is 0 Å². The monoisotopic (exact) mass is 405 g/mol. The molecule has 0 amide bonds. The maximum atomic E-state index is 13.9. The molecule has 0 unspecified atom stereocenters. The van der Waals surface area contributed by atoms with Crippen molar-refractivity contribution in [3.8, 4) is 11.3 Å². The van der Waals surface area contributed by atoms with Crippen LogP contribution in [-0.2, 0) is 10.0 Å². The first-order valence-corrected chi connectivity index (χ1v) is 10.0. The largest absolute Gasteiger partial charge is 0.352 e. The lowest BCUT2D eigenvalue weighted by atomic mass is 10.2. The fourth-order valence-corrected chi connectivity index (χ4v) is 4.62. The van der Waals surface area contributed by atoms with Crippen LogP contribution >= 0.6 is 0 Å². The van der Waals surface area contributed by atoms with Crippen molar-refractivity contribution in [2.75, 3.05) is 31.1 Å². The van der Waals surface area contributed by atoms with Crippen molar-refractivity contribution in [1.82, 2.24) is 19.5 Å². The van der Waals surface area contributed by atoms with Gasteiger partial charge in [0.25, 0.3) is 0 Å². The highest BCUT2D eigenvalue weighted by atomic mass is 32.2. The zero-order valence-corrected chi connectivity index (χ0v) is 15.5. The van der Waals surface area contributed by atoms with E-state index < -0.39 is 26.6 Å². The molecular weight excluding hydrogens is 388 g/mol. The summed E-state index contributed by atoms with van der Waals surface area (Å²) in [6.07, 6.45) is 3.37. The highest BCUT2D eigenvalue weighted by Crippen LogP contribution is 2.25. The maximum Gasteiger partial charge on any atom is 0.246 e. The summed E-state index contributed by atoms with van der Waals surface area (Å²) in [5.41, 5.74) is 1.77. The summed E-state index contributed by atoms with van der Waals surface area (Å²) < 4.78 is 53.8. The Bertz CT molecular complexity index is 1080. The van der Waals surface area contributed by atoms with Gasteiger partial charge in [-0.2, -0.15) is 9.40 Å². The average Bonchev–Trinajstić information content (AvgIpc) is 3.21. The summed E-state index contributed by atoms with van der Waals surface area (Å²) in [4.78, 5) is 5.28. The van der Waals surface area contributed by atoms with Crippen molar-refractivity contribution in [2.24, 2.45) is 0 Å². The van der Waals surface area contributed by atoms with Crippen LogP contribution in [0.1, 0.15) is 0 Å². The van der Waals surface area contributed by atoms with Gasteiger partial charge in [0, 0.05) is 50.2 Å². The van der Waals surface area contributed by atoms with E-state index in [1.165, 1.54) is 0 Å².